The fourth-order valence-electron chi connectivity index (χ4n) is 1.30. The molecule has 88 valence electrons. The van der Waals surface area contributed by atoms with E-state index in [0.29, 0.717) is 0 Å². The molecule has 2 rings (SSSR count). The van der Waals surface area contributed by atoms with Crippen LogP contribution in [0.2, 0.25) is 0 Å². The minimum Gasteiger partial charge on any atom is -0.231 e. The molecule has 0 bridgehead atoms. The molecule has 4 heteroatoms. The lowest BCUT2D eigenvalue weighted by molar-refractivity contribution is 0.627. The molecule has 2 aromatic rings. The molecule has 0 unspecified atom stereocenters. The highest BCUT2D eigenvalue weighted by Gasteiger charge is 2.01. The van der Waals surface area contributed by atoms with E-state index in [4.69, 9.17) is 0 Å². The highest BCUT2D eigenvalue weighted by molar-refractivity contribution is 7.98. The van der Waals surface area contributed by atoms with E-state index in [1.54, 1.807) is 23.9 Å². The van der Waals surface area contributed by atoms with Gasteiger partial charge < -0.3 is 0 Å². The van der Waals surface area contributed by atoms with Gasteiger partial charge in [0.15, 0.2) is 5.16 Å². The Morgan fingerprint density at radius 3 is 2.53 bits per heavy atom. The summed E-state index contributed by atoms with van der Waals surface area (Å²) < 4.78 is 12.7. The molecule has 0 saturated heterocycles. The molecule has 0 amide bonds. The van der Waals surface area contributed by atoms with Crippen LogP contribution in [0.4, 0.5) is 4.39 Å². The molecule has 0 aliphatic heterocycles. The van der Waals surface area contributed by atoms with Crippen molar-refractivity contribution in [2.75, 3.05) is 0 Å². The molecule has 1 heterocycles. The third-order valence-electron chi connectivity index (χ3n) is 2.48. The summed E-state index contributed by atoms with van der Waals surface area (Å²) in [5.74, 6) is 0.546. The summed E-state index contributed by atoms with van der Waals surface area (Å²) in [4.78, 5) is 8.63. The van der Waals surface area contributed by atoms with Gasteiger partial charge in [-0.1, -0.05) is 23.9 Å². The minimum absolute atomic E-state index is 0.207. The first-order chi connectivity index (χ1) is 8.15. The highest BCUT2D eigenvalue weighted by Crippen LogP contribution is 2.19. The van der Waals surface area contributed by atoms with Gasteiger partial charge in [0, 0.05) is 17.6 Å². The Kier molecular flexibility index (Phi) is 3.74. The molecule has 0 radical (unpaired) electrons. The van der Waals surface area contributed by atoms with Crippen LogP contribution < -0.4 is 0 Å². The molecule has 0 saturated carbocycles. The van der Waals surface area contributed by atoms with E-state index >= 15 is 0 Å². The molecule has 1 aromatic heterocycles. The van der Waals surface area contributed by atoms with E-state index < -0.39 is 0 Å². The summed E-state index contributed by atoms with van der Waals surface area (Å²) >= 11 is 1.56. The number of halogens is 1. The van der Waals surface area contributed by atoms with Crippen molar-refractivity contribution in [2.24, 2.45) is 0 Å². The Hall–Kier alpha value is -1.42. The third-order valence-corrected chi connectivity index (χ3v) is 3.42. The maximum atomic E-state index is 12.7. The van der Waals surface area contributed by atoms with Crippen molar-refractivity contribution in [1.82, 2.24) is 9.97 Å². The number of benzene rings is 1. The quantitative estimate of drug-likeness (QED) is 0.614. The zero-order valence-corrected chi connectivity index (χ0v) is 10.6. The smallest absolute Gasteiger partial charge is 0.188 e. The van der Waals surface area contributed by atoms with Gasteiger partial charge in [-0.25, -0.2) is 14.4 Å². The topological polar surface area (TPSA) is 25.8 Å². The molecule has 1 aromatic carbocycles. The standard InChI is InChI=1S/C13H13FN2S/c1-9-7-15-13(16-10(9)2)17-8-11-3-5-12(14)6-4-11/h3-7H,8H2,1-2H3. The average molecular weight is 248 g/mol. The van der Waals surface area contributed by atoms with Crippen molar-refractivity contribution in [3.63, 3.8) is 0 Å². The average Bonchev–Trinajstić information content (AvgIpc) is 2.33. The second kappa shape index (κ2) is 5.27. The summed E-state index contributed by atoms with van der Waals surface area (Å²) in [7, 11) is 0. The Balaban J connectivity index is 2.02. The molecular weight excluding hydrogens is 235 g/mol. The van der Waals surface area contributed by atoms with Gasteiger partial charge in [-0.2, -0.15) is 0 Å². The van der Waals surface area contributed by atoms with Gasteiger partial charge in [-0.15, -0.1) is 0 Å². The van der Waals surface area contributed by atoms with Crippen LogP contribution in [0.3, 0.4) is 0 Å². The second-order valence-corrected chi connectivity index (χ2v) is 4.78. The van der Waals surface area contributed by atoms with Gasteiger partial charge >= 0.3 is 0 Å². The summed E-state index contributed by atoms with van der Waals surface area (Å²) in [5, 5.41) is 0.762. The van der Waals surface area contributed by atoms with E-state index in [0.717, 1.165) is 27.7 Å². The summed E-state index contributed by atoms with van der Waals surface area (Å²) in [5.41, 5.74) is 3.16. The van der Waals surface area contributed by atoms with Gasteiger partial charge in [0.05, 0.1) is 0 Å². The van der Waals surface area contributed by atoms with Crippen molar-refractivity contribution < 1.29 is 4.39 Å². The van der Waals surface area contributed by atoms with Crippen molar-refractivity contribution >= 4 is 11.8 Å². The predicted octanol–water partition coefficient (Wildman–Crippen LogP) is 3.52. The molecular formula is C13H13FN2S. The number of nitrogens with zero attached hydrogens (tertiary/aromatic N) is 2. The van der Waals surface area contributed by atoms with Crippen LogP contribution in [0, 0.1) is 19.7 Å². The Morgan fingerprint density at radius 2 is 1.88 bits per heavy atom. The number of hydrogen-bond donors (Lipinski definition) is 0. The van der Waals surface area contributed by atoms with E-state index in [-0.39, 0.29) is 5.82 Å². The molecule has 0 aliphatic carbocycles. The minimum atomic E-state index is -0.207. The zero-order valence-electron chi connectivity index (χ0n) is 9.77. The maximum Gasteiger partial charge on any atom is 0.188 e. The van der Waals surface area contributed by atoms with Crippen LogP contribution in [-0.4, -0.2) is 9.97 Å². The molecule has 0 aliphatic rings. The van der Waals surface area contributed by atoms with Gasteiger partial charge in [-0.3, -0.25) is 0 Å². The maximum absolute atomic E-state index is 12.7. The Bertz CT molecular complexity index is 511. The summed E-state index contributed by atoms with van der Waals surface area (Å²) in [6.45, 7) is 3.96. The normalized spacial score (nSPS) is 10.5. The number of thioether (sulfide) groups is 1. The number of aromatic nitrogens is 2. The van der Waals surface area contributed by atoms with Gasteiger partial charge in [0.1, 0.15) is 5.82 Å². The molecule has 17 heavy (non-hydrogen) atoms. The van der Waals surface area contributed by atoms with Crippen LogP contribution in [0.5, 0.6) is 0 Å². The fourth-order valence-corrected chi connectivity index (χ4v) is 2.12. The van der Waals surface area contributed by atoms with Crippen molar-refractivity contribution in [1.29, 1.82) is 0 Å². The predicted molar refractivity (Wildman–Crippen MR) is 67.5 cm³/mol. The number of hydrogen-bond acceptors (Lipinski definition) is 3. The fraction of sp³-hybridized carbons (Fsp3) is 0.231. The van der Waals surface area contributed by atoms with E-state index in [2.05, 4.69) is 9.97 Å². The largest absolute Gasteiger partial charge is 0.231 e. The first kappa shape index (κ1) is 12.0. The highest BCUT2D eigenvalue weighted by atomic mass is 32.2. The van der Waals surface area contributed by atoms with Crippen molar-refractivity contribution in [3.05, 3.63) is 53.1 Å². The molecule has 0 spiro atoms. The lowest BCUT2D eigenvalue weighted by Gasteiger charge is -2.03. The Morgan fingerprint density at radius 1 is 1.18 bits per heavy atom. The molecule has 0 N–H and O–H groups in total. The summed E-state index contributed by atoms with van der Waals surface area (Å²) in [6, 6.07) is 6.50. The van der Waals surface area contributed by atoms with Gasteiger partial charge in [0.25, 0.3) is 0 Å². The summed E-state index contributed by atoms with van der Waals surface area (Å²) in [6.07, 6.45) is 1.83. The lowest BCUT2D eigenvalue weighted by atomic mass is 10.2. The van der Waals surface area contributed by atoms with Crippen LogP contribution >= 0.6 is 11.8 Å². The Labute approximate surface area is 104 Å². The second-order valence-electron chi connectivity index (χ2n) is 3.84. The molecule has 0 atom stereocenters. The monoisotopic (exact) mass is 248 g/mol. The lowest BCUT2D eigenvalue weighted by Crippen LogP contribution is -1.93. The first-order valence-corrected chi connectivity index (χ1v) is 6.31. The van der Waals surface area contributed by atoms with Gasteiger partial charge in [-0.05, 0) is 37.1 Å². The van der Waals surface area contributed by atoms with Crippen molar-refractivity contribution in [2.45, 2.75) is 24.8 Å². The van der Waals surface area contributed by atoms with Crippen molar-refractivity contribution in [3.8, 4) is 0 Å². The van der Waals surface area contributed by atoms with E-state index in [1.165, 1.54) is 12.1 Å². The third kappa shape index (κ3) is 3.27. The van der Waals surface area contributed by atoms with Crippen LogP contribution in [0.25, 0.3) is 0 Å². The van der Waals surface area contributed by atoms with Crippen LogP contribution in [-0.2, 0) is 5.75 Å². The number of rotatable bonds is 3. The van der Waals surface area contributed by atoms with E-state index in [9.17, 15) is 4.39 Å². The SMILES string of the molecule is Cc1cnc(SCc2ccc(F)cc2)nc1C. The van der Waals surface area contributed by atoms with E-state index in [1.807, 2.05) is 20.0 Å². The molecule has 0 fully saturated rings. The van der Waals surface area contributed by atoms with Crippen LogP contribution in [0.15, 0.2) is 35.6 Å². The number of aryl methyl sites for hydroxylation is 2. The first-order valence-electron chi connectivity index (χ1n) is 5.32. The zero-order chi connectivity index (χ0) is 12.3. The van der Waals surface area contributed by atoms with Gasteiger partial charge in [0.2, 0.25) is 0 Å². The molecule has 2 nitrogen and oxygen atoms in total. The van der Waals surface area contributed by atoms with Crippen LogP contribution in [0.1, 0.15) is 16.8 Å².